The summed E-state index contributed by atoms with van der Waals surface area (Å²) in [7, 11) is 1.21. The lowest BCUT2D eigenvalue weighted by Crippen LogP contribution is -2.35. The summed E-state index contributed by atoms with van der Waals surface area (Å²) in [6.07, 6.45) is 1.22. The first-order valence-corrected chi connectivity index (χ1v) is 7.98. The number of amides is 2. The first kappa shape index (κ1) is 19.1. The molecule has 1 heterocycles. The van der Waals surface area contributed by atoms with Crippen LogP contribution in [0.1, 0.15) is 35.0 Å². The molecule has 0 saturated carbocycles. The zero-order valence-electron chi connectivity index (χ0n) is 14.5. The minimum absolute atomic E-state index is 0.226. The molecule has 1 atom stereocenters. The summed E-state index contributed by atoms with van der Waals surface area (Å²) in [6.45, 7) is 1.50. The molecule has 0 radical (unpaired) electrons. The van der Waals surface area contributed by atoms with Crippen LogP contribution in [0.25, 0.3) is 0 Å². The zero-order chi connectivity index (χ0) is 19.1. The van der Waals surface area contributed by atoms with Crippen LogP contribution in [0.3, 0.4) is 0 Å². The Labute approximate surface area is 150 Å². The SMILES string of the molecule is COC(=O)C(C)CC(=O)NC(=O)c1coc(Cc2ccccc2)cc1=O. The van der Waals surface area contributed by atoms with E-state index in [1.165, 1.54) is 20.1 Å². The summed E-state index contributed by atoms with van der Waals surface area (Å²) < 4.78 is 9.85. The number of imide groups is 1. The summed E-state index contributed by atoms with van der Waals surface area (Å²) in [5, 5.41) is 2.07. The third-order valence-corrected chi connectivity index (χ3v) is 3.70. The number of rotatable bonds is 6. The van der Waals surface area contributed by atoms with Crippen molar-refractivity contribution < 1.29 is 23.5 Å². The number of benzene rings is 1. The maximum Gasteiger partial charge on any atom is 0.308 e. The standard InChI is InChI=1S/C19H19NO6/c1-12(19(24)25-2)8-17(22)20-18(23)15-11-26-14(10-16(15)21)9-13-6-4-3-5-7-13/h3-7,10-12H,8-9H2,1-2H3,(H,20,22,23). The summed E-state index contributed by atoms with van der Waals surface area (Å²) in [5.74, 6) is -2.40. The lowest BCUT2D eigenvalue weighted by Gasteiger charge is -2.08. The van der Waals surface area contributed by atoms with E-state index < -0.39 is 29.1 Å². The Bertz CT molecular complexity index is 856. The molecule has 136 valence electrons. The Morgan fingerprint density at radius 1 is 1.19 bits per heavy atom. The fourth-order valence-corrected chi connectivity index (χ4v) is 2.31. The molecule has 0 bridgehead atoms. The molecule has 1 N–H and O–H groups in total. The van der Waals surface area contributed by atoms with Crippen LogP contribution in [0.4, 0.5) is 0 Å². The number of hydrogen-bond acceptors (Lipinski definition) is 6. The topological polar surface area (TPSA) is 103 Å². The number of nitrogens with one attached hydrogen (secondary N) is 1. The molecule has 0 spiro atoms. The van der Waals surface area contributed by atoms with E-state index in [-0.39, 0.29) is 12.0 Å². The lowest BCUT2D eigenvalue weighted by molar-refractivity contribution is -0.146. The average Bonchev–Trinajstić information content (AvgIpc) is 2.61. The number of hydrogen-bond donors (Lipinski definition) is 1. The molecule has 0 aliphatic carbocycles. The number of carbonyl (C=O) groups is 3. The molecule has 26 heavy (non-hydrogen) atoms. The highest BCUT2D eigenvalue weighted by atomic mass is 16.5. The molecule has 1 aromatic heterocycles. The van der Waals surface area contributed by atoms with E-state index >= 15 is 0 Å². The molecule has 7 heteroatoms. The van der Waals surface area contributed by atoms with Gasteiger partial charge in [-0.05, 0) is 5.56 Å². The third kappa shape index (κ3) is 5.14. The van der Waals surface area contributed by atoms with Crippen molar-refractivity contribution in [1.29, 1.82) is 0 Å². The molecule has 2 aromatic rings. The van der Waals surface area contributed by atoms with Gasteiger partial charge in [-0.3, -0.25) is 24.5 Å². The lowest BCUT2D eigenvalue weighted by atomic mass is 10.1. The third-order valence-electron chi connectivity index (χ3n) is 3.70. The average molecular weight is 357 g/mol. The highest BCUT2D eigenvalue weighted by molar-refractivity contribution is 6.04. The molecule has 0 aliphatic rings. The van der Waals surface area contributed by atoms with Crippen LogP contribution in [0, 0.1) is 5.92 Å². The largest absolute Gasteiger partial charge is 0.469 e. The normalized spacial score (nSPS) is 11.5. The van der Waals surface area contributed by atoms with Crippen LogP contribution in [-0.2, 0) is 20.7 Å². The Hall–Kier alpha value is -3.22. The fourth-order valence-electron chi connectivity index (χ4n) is 2.31. The zero-order valence-corrected chi connectivity index (χ0v) is 14.5. The van der Waals surface area contributed by atoms with E-state index in [2.05, 4.69) is 10.1 Å². The van der Waals surface area contributed by atoms with Crippen LogP contribution in [0.5, 0.6) is 0 Å². The van der Waals surface area contributed by atoms with Crippen LogP contribution in [-0.4, -0.2) is 24.9 Å². The van der Waals surface area contributed by atoms with Crippen molar-refractivity contribution in [2.24, 2.45) is 5.92 Å². The van der Waals surface area contributed by atoms with E-state index in [9.17, 15) is 19.2 Å². The summed E-state index contributed by atoms with van der Waals surface area (Å²) in [5.41, 5.74) is 0.134. The van der Waals surface area contributed by atoms with Gasteiger partial charge in [0.15, 0.2) is 5.43 Å². The number of ether oxygens (including phenoxy) is 1. The van der Waals surface area contributed by atoms with E-state index in [1.807, 2.05) is 30.3 Å². The van der Waals surface area contributed by atoms with E-state index in [0.29, 0.717) is 12.2 Å². The van der Waals surface area contributed by atoms with Crippen LogP contribution >= 0.6 is 0 Å². The molecular weight excluding hydrogens is 338 g/mol. The first-order valence-electron chi connectivity index (χ1n) is 7.98. The molecule has 0 fully saturated rings. The monoisotopic (exact) mass is 357 g/mol. The van der Waals surface area contributed by atoms with Gasteiger partial charge in [0.2, 0.25) is 5.91 Å². The Morgan fingerprint density at radius 2 is 1.88 bits per heavy atom. The van der Waals surface area contributed by atoms with E-state index in [4.69, 9.17) is 4.42 Å². The van der Waals surface area contributed by atoms with Crippen molar-refractivity contribution in [2.75, 3.05) is 7.11 Å². The highest BCUT2D eigenvalue weighted by Gasteiger charge is 2.20. The summed E-state index contributed by atoms with van der Waals surface area (Å²) in [4.78, 5) is 47.3. The number of carbonyl (C=O) groups excluding carboxylic acids is 3. The van der Waals surface area contributed by atoms with Crippen molar-refractivity contribution in [1.82, 2.24) is 5.32 Å². The molecule has 0 saturated heterocycles. The molecule has 1 aromatic carbocycles. The van der Waals surface area contributed by atoms with Crippen molar-refractivity contribution in [3.8, 4) is 0 Å². The van der Waals surface area contributed by atoms with Gasteiger partial charge in [-0.1, -0.05) is 37.3 Å². The number of esters is 1. The molecule has 2 rings (SSSR count). The highest BCUT2D eigenvalue weighted by Crippen LogP contribution is 2.09. The van der Waals surface area contributed by atoms with Gasteiger partial charge in [0.25, 0.3) is 5.91 Å². The van der Waals surface area contributed by atoms with Gasteiger partial charge in [-0.15, -0.1) is 0 Å². The Balaban J connectivity index is 2.02. The first-order chi connectivity index (χ1) is 12.4. The smallest absolute Gasteiger partial charge is 0.308 e. The molecule has 1 unspecified atom stereocenters. The predicted octanol–water partition coefficient (Wildman–Crippen LogP) is 1.69. The molecule has 2 amide bonds. The maximum atomic E-state index is 12.1. The quantitative estimate of drug-likeness (QED) is 0.789. The fraction of sp³-hybridized carbons (Fsp3) is 0.263. The molecule has 7 nitrogen and oxygen atoms in total. The predicted molar refractivity (Wildman–Crippen MR) is 92.5 cm³/mol. The second-order valence-electron chi connectivity index (χ2n) is 5.79. The van der Waals surface area contributed by atoms with Crippen LogP contribution in [0.15, 0.2) is 51.9 Å². The van der Waals surface area contributed by atoms with Crippen molar-refractivity contribution in [3.63, 3.8) is 0 Å². The van der Waals surface area contributed by atoms with Crippen LogP contribution in [0.2, 0.25) is 0 Å². The summed E-state index contributed by atoms with van der Waals surface area (Å²) >= 11 is 0. The van der Waals surface area contributed by atoms with Crippen LogP contribution < -0.4 is 10.7 Å². The maximum absolute atomic E-state index is 12.1. The van der Waals surface area contributed by atoms with E-state index in [1.54, 1.807) is 0 Å². The number of methoxy groups -OCH3 is 1. The molecular formula is C19H19NO6. The second kappa shape index (κ2) is 8.75. The van der Waals surface area contributed by atoms with Crippen molar-refractivity contribution >= 4 is 17.8 Å². The van der Waals surface area contributed by atoms with Gasteiger partial charge in [-0.25, -0.2) is 0 Å². The van der Waals surface area contributed by atoms with Gasteiger partial charge < -0.3 is 9.15 Å². The second-order valence-corrected chi connectivity index (χ2v) is 5.79. The Kier molecular flexibility index (Phi) is 6.43. The van der Waals surface area contributed by atoms with Gasteiger partial charge in [-0.2, -0.15) is 0 Å². The Morgan fingerprint density at radius 3 is 2.50 bits per heavy atom. The van der Waals surface area contributed by atoms with E-state index in [0.717, 1.165) is 11.8 Å². The minimum atomic E-state index is -0.868. The van der Waals surface area contributed by atoms with Gasteiger partial charge in [0.1, 0.15) is 17.6 Å². The van der Waals surface area contributed by atoms with Gasteiger partial charge in [0.05, 0.1) is 13.0 Å². The molecule has 0 aliphatic heterocycles. The summed E-state index contributed by atoms with van der Waals surface area (Å²) in [6, 6.07) is 10.6. The minimum Gasteiger partial charge on any atom is -0.469 e. The van der Waals surface area contributed by atoms with Gasteiger partial charge >= 0.3 is 5.97 Å². The van der Waals surface area contributed by atoms with Crippen molar-refractivity contribution in [2.45, 2.75) is 19.8 Å². The van der Waals surface area contributed by atoms with Gasteiger partial charge in [0, 0.05) is 18.9 Å². The van der Waals surface area contributed by atoms with Crippen molar-refractivity contribution in [3.05, 3.63) is 69.8 Å².